The quantitative estimate of drug-likeness (QED) is 0.687. The van der Waals surface area contributed by atoms with Crippen LogP contribution in [0.3, 0.4) is 0 Å². The summed E-state index contributed by atoms with van der Waals surface area (Å²) in [5, 5.41) is 11.9. The van der Waals surface area contributed by atoms with Gasteiger partial charge in [0, 0.05) is 24.2 Å². The van der Waals surface area contributed by atoms with E-state index in [1.807, 2.05) is 6.92 Å². The van der Waals surface area contributed by atoms with Gasteiger partial charge in [-0.15, -0.1) is 0 Å². The zero-order valence-electron chi connectivity index (χ0n) is 16.1. The van der Waals surface area contributed by atoms with Crippen molar-refractivity contribution in [3.05, 3.63) is 73.4 Å². The van der Waals surface area contributed by atoms with Gasteiger partial charge >= 0.3 is 5.69 Å². The largest absolute Gasteiger partial charge is 0.496 e. The summed E-state index contributed by atoms with van der Waals surface area (Å²) < 4.78 is 8.10. The molecule has 3 rings (SSSR count). The molecular formula is C21H23ClN2O4. The van der Waals surface area contributed by atoms with Crippen LogP contribution in [0.5, 0.6) is 5.75 Å². The monoisotopic (exact) mass is 402 g/mol. The average molecular weight is 403 g/mol. The summed E-state index contributed by atoms with van der Waals surface area (Å²) >= 11 is 5.95. The SMILES string of the molecule is CCCCn1c(=O)c2c(C(O)c3ccc(Cl)cc3)c(OC)ccc2n(C)c1=O. The van der Waals surface area contributed by atoms with Crippen LogP contribution in [0.4, 0.5) is 0 Å². The van der Waals surface area contributed by atoms with Crippen LogP contribution in [0.2, 0.25) is 5.02 Å². The lowest BCUT2D eigenvalue weighted by Gasteiger charge is -2.19. The van der Waals surface area contributed by atoms with Crippen molar-refractivity contribution in [2.45, 2.75) is 32.4 Å². The molecule has 0 saturated heterocycles. The van der Waals surface area contributed by atoms with Crippen molar-refractivity contribution in [3.8, 4) is 5.75 Å². The number of aromatic nitrogens is 2. The van der Waals surface area contributed by atoms with E-state index >= 15 is 0 Å². The summed E-state index contributed by atoms with van der Waals surface area (Å²) in [5.41, 5.74) is 0.569. The normalized spacial score (nSPS) is 12.3. The Morgan fingerprint density at radius 1 is 1.14 bits per heavy atom. The highest BCUT2D eigenvalue weighted by Gasteiger charge is 2.23. The predicted octanol–water partition coefficient (Wildman–Crippen LogP) is 3.24. The first-order valence-corrected chi connectivity index (χ1v) is 9.52. The lowest BCUT2D eigenvalue weighted by molar-refractivity contribution is 0.216. The summed E-state index contributed by atoms with van der Waals surface area (Å²) in [6, 6.07) is 10.1. The van der Waals surface area contributed by atoms with Crippen LogP contribution >= 0.6 is 11.6 Å². The van der Waals surface area contributed by atoms with Crippen LogP contribution in [-0.2, 0) is 13.6 Å². The third-order valence-electron chi connectivity index (χ3n) is 4.94. The van der Waals surface area contributed by atoms with E-state index in [1.165, 1.54) is 16.2 Å². The summed E-state index contributed by atoms with van der Waals surface area (Å²) in [7, 11) is 3.11. The fraction of sp³-hybridized carbons (Fsp3) is 0.333. The molecule has 148 valence electrons. The lowest BCUT2D eigenvalue weighted by Crippen LogP contribution is -2.39. The standard InChI is InChI=1S/C21H23ClN2O4/c1-4-5-12-24-20(26)17-15(23(2)21(24)27)10-11-16(28-3)18(17)19(25)13-6-8-14(22)9-7-13/h6-11,19,25H,4-5,12H2,1-3H3. The van der Waals surface area contributed by atoms with Gasteiger partial charge in [0.2, 0.25) is 0 Å². The number of rotatable bonds is 6. The molecule has 0 saturated carbocycles. The first kappa shape index (κ1) is 20.2. The van der Waals surface area contributed by atoms with Crippen LogP contribution in [0.1, 0.15) is 37.0 Å². The number of halogens is 1. The van der Waals surface area contributed by atoms with E-state index in [0.717, 1.165) is 6.42 Å². The molecular weight excluding hydrogens is 380 g/mol. The van der Waals surface area contributed by atoms with E-state index in [2.05, 4.69) is 0 Å². The van der Waals surface area contributed by atoms with E-state index in [9.17, 15) is 14.7 Å². The minimum absolute atomic E-state index is 0.278. The first-order valence-electron chi connectivity index (χ1n) is 9.14. The number of aliphatic hydroxyl groups excluding tert-OH is 1. The Labute approximate surface area is 167 Å². The van der Waals surface area contributed by atoms with Gasteiger partial charge in [0.15, 0.2) is 0 Å². The predicted molar refractivity (Wildman–Crippen MR) is 110 cm³/mol. The number of benzene rings is 2. The Morgan fingerprint density at radius 3 is 2.43 bits per heavy atom. The second-order valence-corrected chi connectivity index (χ2v) is 7.12. The molecule has 0 aliphatic rings. The van der Waals surface area contributed by atoms with Crippen molar-refractivity contribution in [2.75, 3.05) is 7.11 Å². The number of hydrogen-bond donors (Lipinski definition) is 1. The maximum absolute atomic E-state index is 13.2. The molecule has 0 spiro atoms. The number of aryl methyl sites for hydroxylation is 1. The van der Waals surface area contributed by atoms with Gasteiger partial charge in [-0.3, -0.25) is 13.9 Å². The molecule has 0 amide bonds. The maximum Gasteiger partial charge on any atom is 0.331 e. The Balaban J connectivity index is 2.36. The highest BCUT2D eigenvalue weighted by atomic mass is 35.5. The van der Waals surface area contributed by atoms with Crippen molar-refractivity contribution in [2.24, 2.45) is 7.05 Å². The molecule has 0 radical (unpaired) electrons. The molecule has 0 aliphatic heterocycles. The second kappa shape index (κ2) is 8.20. The molecule has 3 aromatic rings. The molecule has 7 heteroatoms. The van der Waals surface area contributed by atoms with Crippen molar-refractivity contribution < 1.29 is 9.84 Å². The van der Waals surface area contributed by atoms with Gasteiger partial charge < -0.3 is 9.84 Å². The van der Waals surface area contributed by atoms with E-state index in [1.54, 1.807) is 43.4 Å². The third kappa shape index (κ3) is 3.45. The van der Waals surface area contributed by atoms with Gasteiger partial charge in [-0.25, -0.2) is 4.79 Å². The molecule has 1 unspecified atom stereocenters. The number of nitrogens with zero attached hydrogens (tertiary/aromatic N) is 2. The second-order valence-electron chi connectivity index (χ2n) is 6.68. The van der Waals surface area contributed by atoms with Gasteiger partial charge in [-0.1, -0.05) is 37.1 Å². The smallest absolute Gasteiger partial charge is 0.331 e. The van der Waals surface area contributed by atoms with Crippen molar-refractivity contribution >= 4 is 22.5 Å². The van der Waals surface area contributed by atoms with Gasteiger partial charge in [0.05, 0.1) is 18.0 Å². The first-order chi connectivity index (χ1) is 13.4. The minimum Gasteiger partial charge on any atom is -0.496 e. The number of ether oxygens (including phenoxy) is 1. The van der Waals surface area contributed by atoms with E-state index < -0.39 is 11.7 Å². The lowest BCUT2D eigenvalue weighted by atomic mass is 9.97. The number of aliphatic hydroxyl groups is 1. The average Bonchev–Trinajstić information content (AvgIpc) is 2.71. The van der Waals surface area contributed by atoms with Crippen molar-refractivity contribution in [1.82, 2.24) is 9.13 Å². The zero-order chi connectivity index (χ0) is 20.4. The Bertz CT molecular complexity index is 1120. The molecule has 0 fully saturated rings. The number of methoxy groups -OCH3 is 1. The Morgan fingerprint density at radius 2 is 1.82 bits per heavy atom. The molecule has 28 heavy (non-hydrogen) atoms. The summed E-state index contributed by atoms with van der Waals surface area (Å²) in [4.78, 5) is 25.9. The number of fused-ring (bicyclic) bond motifs is 1. The Kier molecular flexibility index (Phi) is 5.91. The van der Waals surface area contributed by atoms with E-state index in [4.69, 9.17) is 16.3 Å². The zero-order valence-corrected chi connectivity index (χ0v) is 16.9. The van der Waals surface area contributed by atoms with Crippen molar-refractivity contribution in [1.29, 1.82) is 0 Å². The highest BCUT2D eigenvalue weighted by Crippen LogP contribution is 2.34. The molecule has 2 aromatic carbocycles. The van der Waals surface area contributed by atoms with Crippen LogP contribution in [0.25, 0.3) is 10.9 Å². The molecule has 1 heterocycles. The van der Waals surface area contributed by atoms with Crippen LogP contribution in [0, 0.1) is 0 Å². The number of hydrogen-bond acceptors (Lipinski definition) is 4. The highest BCUT2D eigenvalue weighted by molar-refractivity contribution is 6.30. The van der Waals surface area contributed by atoms with Gasteiger partial charge in [0.1, 0.15) is 11.9 Å². The number of unbranched alkanes of at least 4 members (excludes halogenated alkanes) is 1. The summed E-state index contributed by atoms with van der Waals surface area (Å²) in [6.45, 7) is 2.32. The maximum atomic E-state index is 13.2. The molecule has 6 nitrogen and oxygen atoms in total. The molecule has 1 aromatic heterocycles. The van der Waals surface area contributed by atoms with Crippen LogP contribution < -0.4 is 16.0 Å². The molecule has 0 aliphatic carbocycles. The van der Waals surface area contributed by atoms with Gasteiger partial charge in [-0.05, 0) is 36.2 Å². The topological polar surface area (TPSA) is 73.5 Å². The van der Waals surface area contributed by atoms with Gasteiger partial charge in [0.25, 0.3) is 5.56 Å². The van der Waals surface area contributed by atoms with Gasteiger partial charge in [-0.2, -0.15) is 0 Å². The molecule has 0 bridgehead atoms. The van der Waals surface area contributed by atoms with E-state index in [0.29, 0.717) is 40.4 Å². The summed E-state index contributed by atoms with van der Waals surface area (Å²) in [5.74, 6) is 0.382. The fourth-order valence-corrected chi connectivity index (χ4v) is 3.50. The van der Waals surface area contributed by atoms with Crippen LogP contribution in [-0.4, -0.2) is 21.4 Å². The van der Waals surface area contributed by atoms with Crippen molar-refractivity contribution in [3.63, 3.8) is 0 Å². The third-order valence-corrected chi connectivity index (χ3v) is 5.19. The Hall–Kier alpha value is -2.57. The van der Waals surface area contributed by atoms with Crippen LogP contribution in [0.15, 0.2) is 46.0 Å². The minimum atomic E-state index is -1.11. The molecule has 1 N–H and O–H groups in total. The molecule has 1 atom stereocenters. The van der Waals surface area contributed by atoms with E-state index in [-0.39, 0.29) is 11.1 Å². The fourth-order valence-electron chi connectivity index (χ4n) is 3.37. The summed E-state index contributed by atoms with van der Waals surface area (Å²) in [6.07, 6.45) is 0.451.